The lowest BCUT2D eigenvalue weighted by Gasteiger charge is -2.32. The largest absolute Gasteiger partial charge is 0.297 e. The Morgan fingerprint density at radius 1 is 1.40 bits per heavy atom. The van der Waals surface area contributed by atoms with Crippen LogP contribution in [0.4, 0.5) is 0 Å². The number of aryl methyl sites for hydroxylation is 2. The Morgan fingerprint density at radius 3 is 3.00 bits per heavy atom. The molecule has 0 radical (unpaired) electrons. The van der Waals surface area contributed by atoms with Gasteiger partial charge in [0.05, 0.1) is 11.2 Å². The summed E-state index contributed by atoms with van der Waals surface area (Å²) in [4.78, 5) is 11.3. The van der Waals surface area contributed by atoms with E-state index < -0.39 is 0 Å². The third kappa shape index (κ3) is 3.24. The highest BCUT2D eigenvalue weighted by atomic mass is 32.1. The molecule has 1 fully saturated rings. The molecule has 6 heteroatoms. The maximum atomic E-state index is 4.48. The van der Waals surface area contributed by atoms with Gasteiger partial charge in [-0.3, -0.25) is 4.90 Å². The molecular weight excluding hydrogens is 270 g/mol. The molecule has 1 aliphatic rings. The first-order valence-electron chi connectivity index (χ1n) is 7.18. The van der Waals surface area contributed by atoms with Gasteiger partial charge in [-0.15, -0.1) is 11.3 Å². The molecule has 20 heavy (non-hydrogen) atoms. The summed E-state index contributed by atoms with van der Waals surface area (Å²) in [6.45, 7) is 8.28. The lowest BCUT2D eigenvalue weighted by molar-refractivity contribution is 0.151. The molecule has 108 valence electrons. The van der Waals surface area contributed by atoms with Crippen molar-refractivity contribution < 1.29 is 0 Å². The van der Waals surface area contributed by atoms with Crippen LogP contribution in [-0.2, 0) is 13.1 Å². The van der Waals surface area contributed by atoms with E-state index >= 15 is 0 Å². The SMILES string of the molecule is Cc1nc(C)n(CC2CCCN(Cc3cscn3)C2)n1. The molecule has 0 saturated carbocycles. The van der Waals surface area contributed by atoms with Crippen LogP contribution >= 0.6 is 11.3 Å². The van der Waals surface area contributed by atoms with Crippen LogP contribution in [0.5, 0.6) is 0 Å². The van der Waals surface area contributed by atoms with Gasteiger partial charge in [0.2, 0.25) is 0 Å². The monoisotopic (exact) mass is 291 g/mol. The molecule has 0 aromatic carbocycles. The third-order valence-electron chi connectivity index (χ3n) is 3.87. The van der Waals surface area contributed by atoms with Crippen molar-refractivity contribution in [1.82, 2.24) is 24.6 Å². The highest BCUT2D eigenvalue weighted by Crippen LogP contribution is 2.20. The number of likely N-dealkylation sites (tertiary alicyclic amines) is 1. The first-order valence-corrected chi connectivity index (χ1v) is 8.12. The first-order chi connectivity index (χ1) is 9.70. The Balaban J connectivity index is 1.59. The van der Waals surface area contributed by atoms with E-state index in [4.69, 9.17) is 0 Å². The van der Waals surface area contributed by atoms with Crippen LogP contribution in [0.15, 0.2) is 10.9 Å². The molecule has 0 spiro atoms. The molecule has 5 nitrogen and oxygen atoms in total. The number of piperidine rings is 1. The summed E-state index contributed by atoms with van der Waals surface area (Å²) in [6.07, 6.45) is 2.55. The first kappa shape index (κ1) is 13.7. The molecule has 0 bridgehead atoms. The summed E-state index contributed by atoms with van der Waals surface area (Å²) in [5.74, 6) is 2.57. The quantitative estimate of drug-likeness (QED) is 0.867. The summed E-state index contributed by atoms with van der Waals surface area (Å²) in [6, 6.07) is 0. The predicted molar refractivity (Wildman–Crippen MR) is 79.6 cm³/mol. The van der Waals surface area contributed by atoms with E-state index in [1.165, 1.54) is 25.1 Å². The zero-order chi connectivity index (χ0) is 13.9. The number of hydrogen-bond acceptors (Lipinski definition) is 5. The van der Waals surface area contributed by atoms with Crippen LogP contribution in [0.2, 0.25) is 0 Å². The average molecular weight is 291 g/mol. The fourth-order valence-electron chi connectivity index (χ4n) is 2.97. The minimum absolute atomic E-state index is 0.669. The van der Waals surface area contributed by atoms with Crippen molar-refractivity contribution in [2.45, 2.75) is 39.8 Å². The minimum atomic E-state index is 0.669. The number of thiazole rings is 1. The fourth-order valence-corrected chi connectivity index (χ4v) is 3.52. The van der Waals surface area contributed by atoms with E-state index in [1.54, 1.807) is 11.3 Å². The van der Waals surface area contributed by atoms with E-state index in [-0.39, 0.29) is 0 Å². The molecule has 0 aliphatic carbocycles. The summed E-state index contributed by atoms with van der Waals surface area (Å²) >= 11 is 1.68. The molecule has 1 saturated heterocycles. The van der Waals surface area contributed by atoms with Crippen molar-refractivity contribution in [1.29, 1.82) is 0 Å². The van der Waals surface area contributed by atoms with Gasteiger partial charge in [0.25, 0.3) is 0 Å². The van der Waals surface area contributed by atoms with E-state index in [9.17, 15) is 0 Å². The molecule has 3 rings (SSSR count). The van der Waals surface area contributed by atoms with Crippen LogP contribution in [-0.4, -0.2) is 37.7 Å². The van der Waals surface area contributed by atoms with Gasteiger partial charge >= 0.3 is 0 Å². The van der Waals surface area contributed by atoms with E-state index in [0.717, 1.165) is 31.3 Å². The Labute approximate surface area is 123 Å². The van der Waals surface area contributed by atoms with Gasteiger partial charge in [0.15, 0.2) is 0 Å². The molecule has 1 aliphatic heterocycles. The molecule has 2 aromatic heterocycles. The van der Waals surface area contributed by atoms with Gasteiger partial charge in [-0.2, -0.15) is 5.10 Å². The summed E-state index contributed by atoms with van der Waals surface area (Å²) in [7, 11) is 0. The van der Waals surface area contributed by atoms with Crippen molar-refractivity contribution in [2.75, 3.05) is 13.1 Å². The van der Waals surface area contributed by atoms with Crippen LogP contribution < -0.4 is 0 Å². The topological polar surface area (TPSA) is 46.8 Å². The van der Waals surface area contributed by atoms with Crippen molar-refractivity contribution in [3.8, 4) is 0 Å². The fraction of sp³-hybridized carbons (Fsp3) is 0.643. The van der Waals surface area contributed by atoms with Crippen molar-refractivity contribution in [3.63, 3.8) is 0 Å². The van der Waals surface area contributed by atoms with Crippen LogP contribution in [0.25, 0.3) is 0 Å². The normalized spacial score (nSPS) is 20.4. The van der Waals surface area contributed by atoms with Crippen LogP contribution in [0, 0.1) is 19.8 Å². The standard InChI is InChI=1S/C14H21N5S/c1-11-16-12(2)19(17-11)7-13-4-3-5-18(6-13)8-14-9-20-10-15-14/h9-10,13H,3-8H2,1-2H3. The number of rotatable bonds is 4. The Hall–Kier alpha value is -1.27. The van der Waals surface area contributed by atoms with Crippen molar-refractivity contribution in [2.24, 2.45) is 5.92 Å². The number of hydrogen-bond donors (Lipinski definition) is 0. The molecule has 0 N–H and O–H groups in total. The van der Waals surface area contributed by atoms with Crippen molar-refractivity contribution >= 4 is 11.3 Å². The van der Waals surface area contributed by atoms with E-state index in [2.05, 4.69) is 30.0 Å². The molecule has 0 amide bonds. The van der Waals surface area contributed by atoms with Gasteiger partial charge < -0.3 is 0 Å². The second kappa shape index (κ2) is 6.01. The smallest absolute Gasteiger partial charge is 0.147 e. The Kier molecular flexibility index (Phi) is 4.12. The van der Waals surface area contributed by atoms with Gasteiger partial charge in [0, 0.05) is 25.0 Å². The molecular formula is C14H21N5S. The average Bonchev–Trinajstić information content (AvgIpc) is 3.01. The maximum Gasteiger partial charge on any atom is 0.147 e. The highest BCUT2D eigenvalue weighted by Gasteiger charge is 2.21. The Bertz CT molecular complexity index is 548. The minimum Gasteiger partial charge on any atom is -0.297 e. The zero-order valence-corrected chi connectivity index (χ0v) is 12.9. The summed E-state index contributed by atoms with van der Waals surface area (Å²) in [5, 5.41) is 6.63. The highest BCUT2D eigenvalue weighted by molar-refractivity contribution is 7.07. The zero-order valence-electron chi connectivity index (χ0n) is 12.1. The van der Waals surface area contributed by atoms with Crippen molar-refractivity contribution in [3.05, 3.63) is 28.2 Å². The van der Waals surface area contributed by atoms with Crippen LogP contribution in [0.3, 0.4) is 0 Å². The summed E-state index contributed by atoms with van der Waals surface area (Å²) in [5.41, 5.74) is 3.11. The van der Waals surface area contributed by atoms with Gasteiger partial charge in [-0.1, -0.05) is 0 Å². The van der Waals surface area contributed by atoms with E-state index in [0.29, 0.717) is 5.92 Å². The molecule has 3 heterocycles. The lowest BCUT2D eigenvalue weighted by atomic mass is 9.98. The summed E-state index contributed by atoms with van der Waals surface area (Å²) < 4.78 is 2.06. The lowest BCUT2D eigenvalue weighted by Crippen LogP contribution is -2.36. The molecule has 1 unspecified atom stereocenters. The molecule has 1 atom stereocenters. The third-order valence-corrected chi connectivity index (χ3v) is 4.50. The second-order valence-corrected chi connectivity index (χ2v) is 6.33. The number of nitrogens with zero attached hydrogens (tertiary/aromatic N) is 5. The second-order valence-electron chi connectivity index (χ2n) is 5.61. The van der Waals surface area contributed by atoms with Gasteiger partial charge in [-0.25, -0.2) is 14.6 Å². The molecule has 2 aromatic rings. The van der Waals surface area contributed by atoms with Crippen LogP contribution in [0.1, 0.15) is 30.2 Å². The Morgan fingerprint density at radius 2 is 2.30 bits per heavy atom. The predicted octanol–water partition coefficient (Wildman–Crippen LogP) is 2.26. The van der Waals surface area contributed by atoms with Gasteiger partial charge in [-0.05, 0) is 39.2 Å². The van der Waals surface area contributed by atoms with E-state index in [1.807, 2.05) is 19.4 Å². The van der Waals surface area contributed by atoms with Gasteiger partial charge in [0.1, 0.15) is 11.6 Å². The number of aromatic nitrogens is 4. The maximum absolute atomic E-state index is 4.48.